The molecule has 0 unspecified atom stereocenters. The van der Waals surface area contributed by atoms with E-state index >= 15 is 0 Å². The maximum Gasteiger partial charge on any atom is 0.327 e. The molecular formula is C17H18N4O3. The summed E-state index contributed by atoms with van der Waals surface area (Å²) >= 11 is 0. The van der Waals surface area contributed by atoms with E-state index in [1.165, 1.54) is 17.9 Å². The van der Waals surface area contributed by atoms with Crippen LogP contribution in [0.1, 0.15) is 43.4 Å². The number of anilines is 2. The lowest BCUT2D eigenvalue weighted by Gasteiger charge is -2.24. The minimum Gasteiger partial charge on any atom is -0.293 e. The molecule has 0 bridgehead atoms. The van der Waals surface area contributed by atoms with Crippen molar-refractivity contribution in [3.05, 3.63) is 55.7 Å². The Hall–Kier alpha value is -3.14. The Morgan fingerprint density at radius 2 is 1.88 bits per heavy atom. The number of rotatable bonds is 3. The second-order valence-electron chi connectivity index (χ2n) is 5.85. The summed E-state index contributed by atoms with van der Waals surface area (Å²) in [5.74, 6) is -0.476. The number of H-pyrrole nitrogens is 2. The molecule has 0 radical (unpaired) electrons. The minimum absolute atomic E-state index is 0.126. The van der Waals surface area contributed by atoms with Gasteiger partial charge in [-0.25, -0.2) is 4.79 Å². The molecule has 1 aromatic heterocycles. The molecule has 2 N–H and O–H groups in total. The molecule has 2 aromatic rings. The van der Waals surface area contributed by atoms with Crippen LogP contribution in [0, 0.1) is 18.3 Å². The molecule has 0 aliphatic rings. The summed E-state index contributed by atoms with van der Waals surface area (Å²) in [6, 6.07) is 6.98. The first-order valence-corrected chi connectivity index (χ1v) is 7.43. The van der Waals surface area contributed by atoms with E-state index in [1.54, 1.807) is 32.9 Å². The molecule has 7 nitrogen and oxygen atoms in total. The van der Waals surface area contributed by atoms with Crippen LogP contribution in [-0.2, 0) is 4.79 Å². The highest BCUT2D eigenvalue weighted by molar-refractivity contribution is 5.99. The SMILES string of the molecule is CC(=O)N(c1cc(C)cc(C#N)c1)c1[nH]c(=O)[nH]c(=O)c1C(C)C. The molecule has 124 valence electrons. The highest BCUT2D eigenvalue weighted by Crippen LogP contribution is 2.29. The van der Waals surface area contributed by atoms with Crippen molar-refractivity contribution >= 4 is 17.4 Å². The van der Waals surface area contributed by atoms with E-state index in [4.69, 9.17) is 5.26 Å². The van der Waals surface area contributed by atoms with Gasteiger partial charge in [-0.05, 0) is 36.6 Å². The number of nitrogens with one attached hydrogen (secondary N) is 2. The van der Waals surface area contributed by atoms with Crippen molar-refractivity contribution in [2.75, 3.05) is 4.90 Å². The zero-order valence-electron chi connectivity index (χ0n) is 13.9. The number of aromatic amines is 2. The van der Waals surface area contributed by atoms with E-state index in [1.807, 2.05) is 6.07 Å². The van der Waals surface area contributed by atoms with Crippen LogP contribution in [0.3, 0.4) is 0 Å². The van der Waals surface area contributed by atoms with Gasteiger partial charge in [-0.1, -0.05) is 13.8 Å². The molecule has 1 aromatic carbocycles. The van der Waals surface area contributed by atoms with Crippen LogP contribution < -0.4 is 16.1 Å². The highest BCUT2D eigenvalue weighted by atomic mass is 16.2. The quantitative estimate of drug-likeness (QED) is 0.899. The van der Waals surface area contributed by atoms with Crippen LogP contribution in [0.25, 0.3) is 0 Å². The van der Waals surface area contributed by atoms with Crippen molar-refractivity contribution in [2.24, 2.45) is 0 Å². The largest absolute Gasteiger partial charge is 0.327 e. The number of carbonyl (C=O) groups excluding carboxylic acids is 1. The van der Waals surface area contributed by atoms with Crippen LogP contribution in [0.4, 0.5) is 11.5 Å². The van der Waals surface area contributed by atoms with Crippen LogP contribution in [0.15, 0.2) is 27.8 Å². The van der Waals surface area contributed by atoms with Gasteiger partial charge < -0.3 is 0 Å². The maximum absolute atomic E-state index is 12.3. The standard InChI is InChI=1S/C17H18N4O3/c1-9(2)14-15(19-17(24)20-16(14)23)21(11(4)22)13-6-10(3)5-12(7-13)8-18/h5-7,9H,1-4H3,(H2,19,20,23,24). The van der Waals surface area contributed by atoms with Gasteiger partial charge in [0.25, 0.3) is 5.56 Å². The van der Waals surface area contributed by atoms with Crippen molar-refractivity contribution in [1.29, 1.82) is 5.26 Å². The van der Waals surface area contributed by atoms with Crippen LogP contribution >= 0.6 is 0 Å². The van der Waals surface area contributed by atoms with E-state index in [9.17, 15) is 14.4 Å². The average Bonchev–Trinajstić information content (AvgIpc) is 2.45. The lowest BCUT2D eigenvalue weighted by molar-refractivity contribution is -0.115. The van der Waals surface area contributed by atoms with Crippen molar-refractivity contribution in [1.82, 2.24) is 9.97 Å². The number of amides is 1. The third kappa shape index (κ3) is 3.27. The molecule has 0 fully saturated rings. The molecule has 0 atom stereocenters. The molecule has 0 saturated carbocycles. The molecule has 1 amide bonds. The molecule has 2 rings (SSSR count). The second-order valence-corrected chi connectivity index (χ2v) is 5.85. The van der Waals surface area contributed by atoms with Crippen LogP contribution in [0.5, 0.6) is 0 Å². The van der Waals surface area contributed by atoms with Crippen LogP contribution in [-0.4, -0.2) is 15.9 Å². The monoisotopic (exact) mass is 326 g/mol. The fourth-order valence-electron chi connectivity index (χ4n) is 2.62. The van der Waals surface area contributed by atoms with E-state index in [2.05, 4.69) is 9.97 Å². The number of benzene rings is 1. The zero-order chi connectivity index (χ0) is 18.0. The number of aryl methyl sites for hydroxylation is 1. The summed E-state index contributed by atoms with van der Waals surface area (Å²) in [4.78, 5) is 42.2. The lowest BCUT2D eigenvalue weighted by Crippen LogP contribution is -2.34. The molecule has 7 heteroatoms. The lowest BCUT2D eigenvalue weighted by atomic mass is 10.0. The van der Waals surface area contributed by atoms with Crippen molar-refractivity contribution < 1.29 is 4.79 Å². The van der Waals surface area contributed by atoms with E-state index in [0.717, 1.165) is 5.56 Å². The summed E-state index contributed by atoms with van der Waals surface area (Å²) < 4.78 is 0. The zero-order valence-corrected chi connectivity index (χ0v) is 13.9. The van der Waals surface area contributed by atoms with Gasteiger partial charge in [-0.3, -0.25) is 24.5 Å². The van der Waals surface area contributed by atoms with E-state index in [0.29, 0.717) is 16.8 Å². The van der Waals surface area contributed by atoms with Gasteiger partial charge in [0.15, 0.2) is 0 Å². The Morgan fingerprint density at radius 1 is 1.21 bits per heavy atom. The van der Waals surface area contributed by atoms with E-state index in [-0.39, 0.29) is 17.6 Å². The summed E-state index contributed by atoms with van der Waals surface area (Å²) in [5, 5.41) is 9.14. The fourth-order valence-corrected chi connectivity index (χ4v) is 2.62. The van der Waals surface area contributed by atoms with Gasteiger partial charge >= 0.3 is 5.69 Å². The Bertz CT molecular complexity index is 948. The highest BCUT2D eigenvalue weighted by Gasteiger charge is 2.23. The van der Waals surface area contributed by atoms with Crippen molar-refractivity contribution in [3.8, 4) is 6.07 Å². The summed E-state index contributed by atoms with van der Waals surface area (Å²) in [6.45, 7) is 6.72. The first-order chi connectivity index (χ1) is 11.2. The summed E-state index contributed by atoms with van der Waals surface area (Å²) in [5.41, 5.74) is 0.650. The van der Waals surface area contributed by atoms with Gasteiger partial charge in [0.1, 0.15) is 5.82 Å². The summed E-state index contributed by atoms with van der Waals surface area (Å²) in [7, 11) is 0. The number of nitriles is 1. The number of aromatic nitrogens is 2. The fraction of sp³-hybridized carbons (Fsp3) is 0.294. The van der Waals surface area contributed by atoms with Crippen molar-refractivity contribution in [3.63, 3.8) is 0 Å². The average molecular weight is 326 g/mol. The predicted molar refractivity (Wildman–Crippen MR) is 90.5 cm³/mol. The maximum atomic E-state index is 12.3. The van der Waals surface area contributed by atoms with Gasteiger partial charge in [-0.15, -0.1) is 0 Å². The molecule has 24 heavy (non-hydrogen) atoms. The number of carbonyl (C=O) groups is 1. The molecule has 0 aliphatic carbocycles. The summed E-state index contributed by atoms with van der Waals surface area (Å²) in [6.07, 6.45) is 0. The predicted octanol–water partition coefficient (Wildman–Crippen LogP) is 2.05. The molecule has 0 aliphatic heterocycles. The third-order valence-corrected chi connectivity index (χ3v) is 3.52. The Kier molecular flexibility index (Phi) is 4.69. The number of hydrogen-bond acceptors (Lipinski definition) is 4. The van der Waals surface area contributed by atoms with Crippen molar-refractivity contribution in [2.45, 2.75) is 33.6 Å². The van der Waals surface area contributed by atoms with Gasteiger partial charge in [-0.2, -0.15) is 5.26 Å². The topological polar surface area (TPSA) is 110 Å². The van der Waals surface area contributed by atoms with Gasteiger partial charge in [0.05, 0.1) is 22.9 Å². The van der Waals surface area contributed by atoms with Gasteiger partial charge in [0.2, 0.25) is 5.91 Å². The normalized spacial score (nSPS) is 10.5. The van der Waals surface area contributed by atoms with Crippen LogP contribution in [0.2, 0.25) is 0 Å². The first-order valence-electron chi connectivity index (χ1n) is 7.43. The Balaban J connectivity index is 2.82. The smallest absolute Gasteiger partial charge is 0.293 e. The minimum atomic E-state index is -0.696. The Morgan fingerprint density at radius 3 is 2.42 bits per heavy atom. The van der Waals surface area contributed by atoms with E-state index < -0.39 is 11.2 Å². The number of hydrogen-bond donors (Lipinski definition) is 2. The second kappa shape index (κ2) is 6.54. The Labute approximate surface area is 138 Å². The first kappa shape index (κ1) is 17.2. The molecule has 0 spiro atoms. The molecular weight excluding hydrogens is 308 g/mol. The molecule has 1 heterocycles. The number of nitrogens with zero attached hydrogens (tertiary/aromatic N) is 2. The van der Waals surface area contributed by atoms with Gasteiger partial charge in [0, 0.05) is 6.92 Å². The molecule has 0 saturated heterocycles. The third-order valence-electron chi connectivity index (χ3n) is 3.52.